The van der Waals surface area contributed by atoms with Crippen molar-refractivity contribution in [1.29, 1.82) is 0 Å². The van der Waals surface area contributed by atoms with Crippen LogP contribution in [-0.4, -0.2) is 28.8 Å². The van der Waals surface area contributed by atoms with Gasteiger partial charge in [-0.1, -0.05) is 23.2 Å². The van der Waals surface area contributed by atoms with Crippen LogP contribution in [0.25, 0.3) is 0 Å². The standard InChI is InChI=1S/C19H19Cl2N3O3/c1-12-8-13(2)24(23-12)16(18-4-3-7-26-18)10-22-19(25)11-27-17-6-5-14(20)9-15(17)21/h3-9,16H,10-11H2,1-2H3,(H,22,25)/t16-/m1/s1. The molecule has 3 aromatic rings. The molecule has 2 aromatic heterocycles. The number of nitrogens with zero attached hydrogens (tertiary/aromatic N) is 2. The van der Waals surface area contributed by atoms with E-state index in [9.17, 15) is 4.79 Å². The molecule has 0 aliphatic heterocycles. The Morgan fingerprint density at radius 3 is 2.74 bits per heavy atom. The molecular weight excluding hydrogens is 389 g/mol. The van der Waals surface area contributed by atoms with Gasteiger partial charge in [-0.2, -0.15) is 5.10 Å². The lowest BCUT2D eigenvalue weighted by atomic mass is 10.2. The summed E-state index contributed by atoms with van der Waals surface area (Å²) in [5.74, 6) is 0.833. The van der Waals surface area contributed by atoms with Crippen molar-refractivity contribution in [2.45, 2.75) is 19.9 Å². The van der Waals surface area contributed by atoms with E-state index in [0.717, 1.165) is 11.4 Å². The van der Waals surface area contributed by atoms with Crippen molar-refractivity contribution in [2.24, 2.45) is 0 Å². The van der Waals surface area contributed by atoms with Crippen molar-refractivity contribution >= 4 is 29.1 Å². The van der Waals surface area contributed by atoms with E-state index in [1.54, 1.807) is 24.5 Å². The van der Waals surface area contributed by atoms with E-state index < -0.39 is 0 Å². The van der Waals surface area contributed by atoms with Crippen LogP contribution in [0.5, 0.6) is 5.75 Å². The van der Waals surface area contributed by atoms with Gasteiger partial charge in [0, 0.05) is 17.3 Å². The quantitative estimate of drug-likeness (QED) is 0.637. The summed E-state index contributed by atoms with van der Waals surface area (Å²) in [7, 11) is 0. The van der Waals surface area contributed by atoms with Gasteiger partial charge in [0.1, 0.15) is 17.6 Å². The van der Waals surface area contributed by atoms with Gasteiger partial charge in [0.25, 0.3) is 5.91 Å². The number of aryl methyl sites for hydroxylation is 2. The molecule has 0 unspecified atom stereocenters. The third-order valence-corrected chi connectivity index (χ3v) is 4.49. The minimum Gasteiger partial charge on any atom is -0.482 e. The number of aromatic nitrogens is 2. The van der Waals surface area contributed by atoms with Crippen molar-refractivity contribution in [1.82, 2.24) is 15.1 Å². The van der Waals surface area contributed by atoms with Gasteiger partial charge in [0.2, 0.25) is 0 Å². The van der Waals surface area contributed by atoms with Gasteiger partial charge >= 0.3 is 0 Å². The summed E-state index contributed by atoms with van der Waals surface area (Å²) >= 11 is 11.9. The van der Waals surface area contributed by atoms with Gasteiger partial charge in [-0.3, -0.25) is 9.48 Å². The van der Waals surface area contributed by atoms with Crippen LogP contribution >= 0.6 is 23.2 Å². The second kappa shape index (κ2) is 8.50. The van der Waals surface area contributed by atoms with Crippen LogP contribution in [0, 0.1) is 13.8 Å². The second-order valence-electron chi connectivity index (χ2n) is 6.07. The molecule has 0 spiro atoms. The first-order chi connectivity index (χ1) is 12.9. The molecule has 27 heavy (non-hydrogen) atoms. The third-order valence-electron chi connectivity index (χ3n) is 3.96. The van der Waals surface area contributed by atoms with E-state index in [-0.39, 0.29) is 18.6 Å². The summed E-state index contributed by atoms with van der Waals surface area (Å²) < 4.78 is 12.8. The number of ether oxygens (including phenoxy) is 1. The van der Waals surface area contributed by atoms with Gasteiger partial charge in [-0.05, 0) is 50.2 Å². The largest absolute Gasteiger partial charge is 0.482 e. The van der Waals surface area contributed by atoms with Gasteiger partial charge in [0.05, 0.1) is 17.0 Å². The van der Waals surface area contributed by atoms with Gasteiger partial charge in [0.15, 0.2) is 6.61 Å². The van der Waals surface area contributed by atoms with Gasteiger partial charge < -0.3 is 14.5 Å². The summed E-state index contributed by atoms with van der Waals surface area (Å²) in [6, 6.07) is 10.2. The number of carbonyl (C=O) groups is 1. The smallest absolute Gasteiger partial charge is 0.258 e. The van der Waals surface area contributed by atoms with Crippen LogP contribution in [0.15, 0.2) is 47.1 Å². The Balaban J connectivity index is 1.63. The average molecular weight is 408 g/mol. The van der Waals surface area contributed by atoms with Crippen molar-refractivity contribution in [2.75, 3.05) is 13.2 Å². The zero-order chi connectivity index (χ0) is 19.4. The number of amides is 1. The lowest BCUT2D eigenvalue weighted by Crippen LogP contribution is -2.35. The minimum absolute atomic E-state index is 0.163. The highest BCUT2D eigenvalue weighted by Crippen LogP contribution is 2.27. The molecule has 142 valence electrons. The van der Waals surface area contributed by atoms with E-state index in [2.05, 4.69) is 10.4 Å². The van der Waals surface area contributed by atoms with Crippen LogP contribution in [0.2, 0.25) is 10.0 Å². The minimum atomic E-state index is -0.279. The predicted octanol–water partition coefficient (Wildman–Crippen LogP) is 4.18. The van der Waals surface area contributed by atoms with E-state index in [0.29, 0.717) is 28.1 Å². The van der Waals surface area contributed by atoms with Crippen LogP contribution in [0.3, 0.4) is 0 Å². The fraction of sp³-hybridized carbons (Fsp3) is 0.263. The number of nitrogens with one attached hydrogen (secondary N) is 1. The fourth-order valence-electron chi connectivity index (χ4n) is 2.75. The number of hydrogen-bond donors (Lipinski definition) is 1. The zero-order valence-corrected chi connectivity index (χ0v) is 16.4. The van der Waals surface area contributed by atoms with E-state index in [1.165, 1.54) is 0 Å². The monoisotopic (exact) mass is 407 g/mol. The molecule has 0 saturated carbocycles. The van der Waals surface area contributed by atoms with Crippen LogP contribution in [0.1, 0.15) is 23.2 Å². The molecule has 0 aliphatic rings. The Morgan fingerprint density at radius 2 is 2.11 bits per heavy atom. The fourth-order valence-corrected chi connectivity index (χ4v) is 3.21. The lowest BCUT2D eigenvalue weighted by molar-refractivity contribution is -0.123. The van der Waals surface area contributed by atoms with Gasteiger partial charge in [-0.25, -0.2) is 0 Å². The molecule has 2 heterocycles. The molecular formula is C19H19Cl2N3O3. The first-order valence-electron chi connectivity index (χ1n) is 8.34. The molecule has 0 fully saturated rings. The van der Waals surface area contributed by atoms with Crippen LogP contribution in [0.4, 0.5) is 0 Å². The molecule has 1 amide bonds. The number of benzene rings is 1. The van der Waals surface area contributed by atoms with Crippen LogP contribution in [-0.2, 0) is 4.79 Å². The zero-order valence-electron chi connectivity index (χ0n) is 14.9. The number of carbonyl (C=O) groups excluding carboxylic acids is 1. The van der Waals surface area contributed by atoms with E-state index in [4.69, 9.17) is 32.4 Å². The molecule has 0 saturated heterocycles. The van der Waals surface area contributed by atoms with E-state index >= 15 is 0 Å². The molecule has 3 rings (SSSR count). The summed E-state index contributed by atoms with van der Waals surface area (Å²) in [6.45, 7) is 4.03. The summed E-state index contributed by atoms with van der Waals surface area (Å²) in [4.78, 5) is 12.2. The Labute approximate surface area is 167 Å². The number of furan rings is 1. The Hall–Kier alpha value is -2.44. The summed E-state index contributed by atoms with van der Waals surface area (Å²) in [5.41, 5.74) is 1.88. The molecule has 1 aromatic carbocycles. The van der Waals surface area contributed by atoms with Crippen LogP contribution < -0.4 is 10.1 Å². The number of rotatable bonds is 7. The summed E-state index contributed by atoms with van der Waals surface area (Å²) in [6.07, 6.45) is 1.60. The third kappa shape index (κ3) is 4.84. The second-order valence-corrected chi connectivity index (χ2v) is 6.91. The highest BCUT2D eigenvalue weighted by molar-refractivity contribution is 6.35. The molecule has 1 N–H and O–H groups in total. The number of hydrogen-bond acceptors (Lipinski definition) is 4. The molecule has 8 heteroatoms. The SMILES string of the molecule is Cc1cc(C)n([C@H](CNC(=O)COc2ccc(Cl)cc2Cl)c2ccco2)n1. The van der Waals surface area contributed by atoms with Crippen molar-refractivity contribution in [3.63, 3.8) is 0 Å². The van der Waals surface area contributed by atoms with E-state index in [1.807, 2.05) is 36.7 Å². The highest BCUT2D eigenvalue weighted by atomic mass is 35.5. The molecule has 0 bridgehead atoms. The Morgan fingerprint density at radius 1 is 1.30 bits per heavy atom. The lowest BCUT2D eigenvalue weighted by Gasteiger charge is -2.18. The molecule has 0 aliphatic carbocycles. The maximum Gasteiger partial charge on any atom is 0.258 e. The topological polar surface area (TPSA) is 69.3 Å². The van der Waals surface area contributed by atoms with Crippen molar-refractivity contribution in [3.05, 3.63) is 69.9 Å². The first kappa shape index (κ1) is 19.3. The average Bonchev–Trinajstić information content (AvgIpc) is 3.25. The summed E-state index contributed by atoms with van der Waals surface area (Å²) in [5, 5.41) is 8.21. The maximum atomic E-state index is 12.2. The molecule has 6 nitrogen and oxygen atoms in total. The number of halogens is 2. The predicted molar refractivity (Wildman–Crippen MR) is 104 cm³/mol. The highest BCUT2D eigenvalue weighted by Gasteiger charge is 2.20. The normalized spacial score (nSPS) is 12.0. The molecule has 0 radical (unpaired) electrons. The Kier molecular flexibility index (Phi) is 6.08. The first-order valence-corrected chi connectivity index (χ1v) is 9.10. The van der Waals surface area contributed by atoms with Crippen molar-refractivity contribution in [3.8, 4) is 5.75 Å². The Bertz CT molecular complexity index is 922. The van der Waals surface area contributed by atoms with Crippen molar-refractivity contribution < 1.29 is 13.9 Å². The van der Waals surface area contributed by atoms with Gasteiger partial charge in [-0.15, -0.1) is 0 Å². The molecule has 1 atom stereocenters. The maximum absolute atomic E-state index is 12.2.